The van der Waals surface area contributed by atoms with Gasteiger partial charge in [0.2, 0.25) is 0 Å². The van der Waals surface area contributed by atoms with Gasteiger partial charge in [-0.3, -0.25) is 4.79 Å². The van der Waals surface area contributed by atoms with E-state index in [1.807, 2.05) is 0 Å². The molecule has 1 heterocycles. The fraction of sp³-hybridized carbons (Fsp3) is 0.462. The lowest BCUT2D eigenvalue weighted by molar-refractivity contribution is -0.140. The van der Waals surface area contributed by atoms with E-state index in [1.165, 1.54) is 6.26 Å². The third-order valence-electron chi connectivity index (χ3n) is 2.72. The summed E-state index contributed by atoms with van der Waals surface area (Å²) in [6, 6.07) is 1.34. The molecule has 8 nitrogen and oxygen atoms in total. The van der Waals surface area contributed by atoms with E-state index < -0.39 is 24.0 Å². The molecule has 21 heavy (non-hydrogen) atoms. The van der Waals surface area contributed by atoms with Crippen LogP contribution in [0.3, 0.4) is 0 Å². The summed E-state index contributed by atoms with van der Waals surface area (Å²) >= 11 is 0. The molecule has 0 aliphatic heterocycles. The molecule has 116 valence electrons. The first kappa shape index (κ1) is 16.5. The molecule has 1 unspecified atom stereocenters. The number of carbonyl (C=O) groups is 3. The van der Waals surface area contributed by atoms with Crippen LogP contribution in [-0.2, 0) is 16.0 Å². The SMILES string of the molecule is CC(Cc1ccco1)NC(=O)N[C@@H](CCC(=O)O)C(=O)O. The Morgan fingerprint density at radius 3 is 2.52 bits per heavy atom. The first-order valence-corrected chi connectivity index (χ1v) is 6.42. The fourth-order valence-corrected chi connectivity index (χ4v) is 1.73. The first-order valence-electron chi connectivity index (χ1n) is 6.42. The molecular formula is C13H18N2O6. The van der Waals surface area contributed by atoms with Crippen LogP contribution in [0.25, 0.3) is 0 Å². The molecule has 2 atom stereocenters. The van der Waals surface area contributed by atoms with Crippen molar-refractivity contribution in [2.45, 2.75) is 38.3 Å². The number of aliphatic carboxylic acids is 2. The quantitative estimate of drug-likeness (QED) is 0.562. The van der Waals surface area contributed by atoms with Crippen LogP contribution in [0, 0.1) is 0 Å². The number of amides is 2. The fourth-order valence-electron chi connectivity index (χ4n) is 1.73. The second kappa shape index (κ2) is 7.93. The molecule has 1 aromatic heterocycles. The highest BCUT2D eigenvalue weighted by molar-refractivity contribution is 5.83. The molecule has 1 aromatic rings. The molecule has 0 radical (unpaired) electrons. The Bertz CT molecular complexity index is 485. The Kier molecular flexibility index (Phi) is 6.25. The maximum Gasteiger partial charge on any atom is 0.326 e. The molecule has 0 bridgehead atoms. The van der Waals surface area contributed by atoms with Gasteiger partial charge in [-0.1, -0.05) is 0 Å². The Labute approximate surface area is 121 Å². The number of carboxylic acids is 2. The number of nitrogens with one attached hydrogen (secondary N) is 2. The smallest absolute Gasteiger partial charge is 0.326 e. The predicted molar refractivity (Wildman–Crippen MR) is 71.8 cm³/mol. The standard InChI is InChI=1S/C13H18N2O6/c1-8(7-9-3-2-6-21-9)14-13(20)15-10(12(18)19)4-5-11(16)17/h2-3,6,8,10H,4-5,7H2,1H3,(H,16,17)(H,18,19)(H2,14,15,20)/t8?,10-/m0/s1. The molecule has 0 fully saturated rings. The molecule has 0 saturated carbocycles. The summed E-state index contributed by atoms with van der Waals surface area (Å²) in [7, 11) is 0. The molecule has 8 heteroatoms. The van der Waals surface area contributed by atoms with Crippen LogP contribution in [0.5, 0.6) is 0 Å². The summed E-state index contributed by atoms with van der Waals surface area (Å²) in [5.41, 5.74) is 0. The largest absolute Gasteiger partial charge is 0.481 e. The van der Waals surface area contributed by atoms with E-state index in [0.29, 0.717) is 12.2 Å². The summed E-state index contributed by atoms with van der Waals surface area (Å²) in [4.78, 5) is 33.1. The summed E-state index contributed by atoms with van der Waals surface area (Å²) in [6.07, 6.45) is 1.48. The number of furan rings is 1. The van der Waals surface area contributed by atoms with Crippen molar-refractivity contribution in [1.29, 1.82) is 0 Å². The van der Waals surface area contributed by atoms with Crippen LogP contribution in [-0.4, -0.2) is 40.3 Å². The van der Waals surface area contributed by atoms with E-state index >= 15 is 0 Å². The molecular weight excluding hydrogens is 280 g/mol. The van der Waals surface area contributed by atoms with E-state index in [2.05, 4.69) is 10.6 Å². The van der Waals surface area contributed by atoms with E-state index in [1.54, 1.807) is 19.1 Å². The first-order chi connectivity index (χ1) is 9.88. The minimum atomic E-state index is -1.27. The van der Waals surface area contributed by atoms with Crippen molar-refractivity contribution in [2.75, 3.05) is 0 Å². The van der Waals surface area contributed by atoms with Gasteiger partial charge >= 0.3 is 18.0 Å². The minimum absolute atomic E-state index is 0.176. The van der Waals surface area contributed by atoms with Gasteiger partial charge in [-0.2, -0.15) is 0 Å². The Balaban J connectivity index is 2.42. The lowest BCUT2D eigenvalue weighted by atomic mass is 10.1. The normalized spacial score (nSPS) is 13.2. The maximum atomic E-state index is 11.7. The van der Waals surface area contributed by atoms with Gasteiger partial charge in [0.15, 0.2) is 0 Å². The average Bonchev–Trinajstić information content (AvgIpc) is 2.86. The van der Waals surface area contributed by atoms with Crippen LogP contribution < -0.4 is 10.6 Å². The average molecular weight is 298 g/mol. The van der Waals surface area contributed by atoms with Crippen LogP contribution in [0.1, 0.15) is 25.5 Å². The maximum absolute atomic E-state index is 11.7. The molecule has 2 amide bonds. The van der Waals surface area contributed by atoms with Gasteiger partial charge in [0, 0.05) is 18.9 Å². The van der Waals surface area contributed by atoms with Gasteiger partial charge in [0.25, 0.3) is 0 Å². The van der Waals surface area contributed by atoms with Crippen LogP contribution >= 0.6 is 0 Å². The number of carboxylic acid groups (broad SMARTS) is 2. The summed E-state index contributed by atoms with van der Waals surface area (Å²) < 4.78 is 5.14. The van der Waals surface area contributed by atoms with Crippen molar-refractivity contribution < 1.29 is 29.0 Å². The molecule has 0 aliphatic carbocycles. The van der Waals surface area contributed by atoms with Crippen molar-refractivity contribution in [3.05, 3.63) is 24.2 Å². The van der Waals surface area contributed by atoms with Crippen LogP contribution in [0.2, 0.25) is 0 Å². The third kappa shape index (κ3) is 6.46. The number of urea groups is 1. The third-order valence-corrected chi connectivity index (χ3v) is 2.72. The summed E-state index contributed by atoms with van der Waals surface area (Å²) in [5.74, 6) is -1.69. The van der Waals surface area contributed by atoms with Crippen molar-refractivity contribution in [3.8, 4) is 0 Å². The molecule has 4 N–H and O–H groups in total. The van der Waals surface area contributed by atoms with Gasteiger partial charge in [-0.15, -0.1) is 0 Å². The van der Waals surface area contributed by atoms with E-state index in [-0.39, 0.29) is 18.9 Å². The van der Waals surface area contributed by atoms with E-state index in [9.17, 15) is 14.4 Å². The van der Waals surface area contributed by atoms with E-state index in [0.717, 1.165) is 0 Å². The highest BCUT2D eigenvalue weighted by Gasteiger charge is 2.21. The number of hydrogen-bond acceptors (Lipinski definition) is 4. The van der Waals surface area contributed by atoms with E-state index in [4.69, 9.17) is 14.6 Å². The van der Waals surface area contributed by atoms with Crippen molar-refractivity contribution >= 4 is 18.0 Å². The van der Waals surface area contributed by atoms with Gasteiger partial charge < -0.3 is 25.3 Å². The zero-order valence-corrected chi connectivity index (χ0v) is 11.5. The number of hydrogen-bond donors (Lipinski definition) is 4. The molecule has 0 aliphatic rings. The molecule has 1 rings (SSSR count). The lowest BCUT2D eigenvalue weighted by Gasteiger charge is -2.17. The van der Waals surface area contributed by atoms with Crippen molar-refractivity contribution in [2.24, 2.45) is 0 Å². The zero-order valence-electron chi connectivity index (χ0n) is 11.5. The van der Waals surface area contributed by atoms with Crippen LogP contribution in [0.4, 0.5) is 4.79 Å². The van der Waals surface area contributed by atoms with Crippen molar-refractivity contribution in [3.63, 3.8) is 0 Å². The Morgan fingerprint density at radius 2 is 2.00 bits per heavy atom. The van der Waals surface area contributed by atoms with Crippen molar-refractivity contribution in [1.82, 2.24) is 10.6 Å². The summed E-state index contributed by atoms with van der Waals surface area (Å²) in [6.45, 7) is 1.75. The van der Waals surface area contributed by atoms with Gasteiger partial charge in [0.1, 0.15) is 11.8 Å². The second-order valence-corrected chi connectivity index (χ2v) is 4.63. The Morgan fingerprint density at radius 1 is 1.29 bits per heavy atom. The molecule has 0 saturated heterocycles. The molecule has 0 aromatic carbocycles. The minimum Gasteiger partial charge on any atom is -0.481 e. The Hall–Kier alpha value is -2.51. The zero-order chi connectivity index (χ0) is 15.8. The highest BCUT2D eigenvalue weighted by atomic mass is 16.4. The predicted octanol–water partition coefficient (Wildman–Crippen LogP) is 0.828. The van der Waals surface area contributed by atoms with Gasteiger partial charge in [-0.05, 0) is 25.5 Å². The summed E-state index contributed by atoms with van der Waals surface area (Å²) in [5, 5.41) is 22.3. The number of rotatable bonds is 8. The second-order valence-electron chi connectivity index (χ2n) is 4.63. The topological polar surface area (TPSA) is 129 Å². The molecule has 0 spiro atoms. The number of carbonyl (C=O) groups excluding carboxylic acids is 1. The highest BCUT2D eigenvalue weighted by Crippen LogP contribution is 2.04. The monoisotopic (exact) mass is 298 g/mol. The lowest BCUT2D eigenvalue weighted by Crippen LogP contribution is -2.48. The van der Waals surface area contributed by atoms with Crippen LogP contribution in [0.15, 0.2) is 22.8 Å². The van der Waals surface area contributed by atoms with Gasteiger partial charge in [-0.25, -0.2) is 9.59 Å². The van der Waals surface area contributed by atoms with Gasteiger partial charge in [0.05, 0.1) is 6.26 Å².